The molecule has 0 aliphatic carbocycles. The van der Waals surface area contributed by atoms with Crippen LogP contribution >= 0.6 is 11.8 Å². The number of anilines is 2. The highest BCUT2D eigenvalue weighted by molar-refractivity contribution is 8.00. The lowest BCUT2D eigenvalue weighted by Crippen LogP contribution is -2.46. The van der Waals surface area contributed by atoms with Gasteiger partial charge in [-0.2, -0.15) is 10.4 Å². The third-order valence-electron chi connectivity index (χ3n) is 7.27. The number of hydrogen-bond donors (Lipinski definition) is 3. The van der Waals surface area contributed by atoms with Gasteiger partial charge in [-0.25, -0.2) is 4.79 Å². The van der Waals surface area contributed by atoms with Gasteiger partial charge in [-0.05, 0) is 56.5 Å². The number of carbonyl (C=O) groups excluding carboxylic acids is 1. The van der Waals surface area contributed by atoms with Crippen LogP contribution in [0.15, 0.2) is 35.3 Å². The number of hydrogen-bond acceptors (Lipinski definition) is 8. The number of nitrogens with one attached hydrogen (secondary N) is 2. The Hall–Kier alpha value is -3.82. The van der Waals surface area contributed by atoms with Gasteiger partial charge in [-0.1, -0.05) is 0 Å². The molecule has 2 saturated heterocycles. The second-order valence-corrected chi connectivity index (χ2v) is 11.1. The number of carboxylic acids is 1. The highest BCUT2D eigenvalue weighted by Crippen LogP contribution is 2.37. The molecule has 0 bridgehead atoms. The average Bonchev–Trinajstić information content (AvgIpc) is 3.49. The van der Waals surface area contributed by atoms with Crippen LogP contribution in [0.3, 0.4) is 0 Å². The molecular weight excluding hydrogens is 508 g/mol. The third kappa shape index (κ3) is 4.52. The molecule has 3 atom stereocenters. The van der Waals surface area contributed by atoms with E-state index >= 15 is 0 Å². The van der Waals surface area contributed by atoms with Crippen molar-refractivity contribution in [2.75, 3.05) is 24.2 Å². The maximum absolute atomic E-state index is 13.1. The maximum Gasteiger partial charge on any atom is 0.332 e. The number of aromatic amines is 1. The second-order valence-electron chi connectivity index (χ2n) is 9.69. The molecule has 38 heavy (non-hydrogen) atoms. The van der Waals surface area contributed by atoms with Gasteiger partial charge in [0.2, 0.25) is 0 Å². The van der Waals surface area contributed by atoms with Crippen LogP contribution in [0.4, 0.5) is 11.5 Å². The summed E-state index contributed by atoms with van der Waals surface area (Å²) >= 11 is 1.75. The highest BCUT2D eigenvalue weighted by atomic mass is 32.2. The quantitative estimate of drug-likeness (QED) is 0.431. The van der Waals surface area contributed by atoms with Crippen LogP contribution in [0, 0.1) is 18.3 Å². The lowest BCUT2D eigenvalue weighted by Gasteiger charge is -2.38. The van der Waals surface area contributed by atoms with Crippen molar-refractivity contribution in [2.45, 2.75) is 50.1 Å². The summed E-state index contributed by atoms with van der Waals surface area (Å²) in [5.74, 6) is 0.163. The number of nitrogens with zero attached hydrogens (tertiary/aromatic N) is 4. The predicted molar refractivity (Wildman–Crippen MR) is 143 cm³/mol. The van der Waals surface area contributed by atoms with Crippen LogP contribution in [0.1, 0.15) is 42.1 Å². The number of benzene rings is 1. The summed E-state index contributed by atoms with van der Waals surface area (Å²) in [5, 5.41) is 27.3. The van der Waals surface area contributed by atoms with Crippen LogP contribution in [-0.4, -0.2) is 67.0 Å². The molecular formula is C26H28N6O5S. The number of carbonyl (C=O) groups is 2. The zero-order chi connectivity index (χ0) is 27.0. The Bertz CT molecular complexity index is 1500. The summed E-state index contributed by atoms with van der Waals surface area (Å²) in [6, 6.07) is 9.28. The summed E-state index contributed by atoms with van der Waals surface area (Å²) in [6.07, 6.45) is 1.16. The van der Waals surface area contributed by atoms with E-state index in [1.54, 1.807) is 34.6 Å². The van der Waals surface area contributed by atoms with Crippen molar-refractivity contribution in [3.8, 4) is 6.07 Å². The van der Waals surface area contributed by atoms with Gasteiger partial charge in [0.25, 0.3) is 11.5 Å². The van der Waals surface area contributed by atoms with Crippen molar-refractivity contribution in [3.05, 3.63) is 51.9 Å². The van der Waals surface area contributed by atoms with E-state index in [4.69, 9.17) is 9.84 Å². The van der Waals surface area contributed by atoms with Crippen LogP contribution in [0.2, 0.25) is 0 Å². The molecule has 5 rings (SSSR count). The number of fused-ring (bicyclic) bond motifs is 1. The lowest BCUT2D eigenvalue weighted by atomic mass is 9.87. The minimum Gasteiger partial charge on any atom is -0.479 e. The Kier molecular flexibility index (Phi) is 6.90. The summed E-state index contributed by atoms with van der Waals surface area (Å²) in [4.78, 5) is 41.9. The van der Waals surface area contributed by atoms with Crippen LogP contribution in [0.25, 0.3) is 10.9 Å². The lowest BCUT2D eigenvalue weighted by molar-refractivity contribution is -0.158. The number of aryl methyl sites for hydroxylation is 1. The number of rotatable bonds is 6. The first-order valence-corrected chi connectivity index (χ1v) is 13.4. The minimum absolute atomic E-state index is 0.00636. The number of ether oxygens (including phenoxy) is 1. The molecule has 12 heteroatoms. The van der Waals surface area contributed by atoms with E-state index < -0.39 is 17.6 Å². The number of nitriles is 1. The summed E-state index contributed by atoms with van der Waals surface area (Å²) in [6.45, 7) is 4.59. The monoisotopic (exact) mass is 536 g/mol. The molecule has 4 heterocycles. The van der Waals surface area contributed by atoms with Gasteiger partial charge in [0.1, 0.15) is 5.39 Å². The number of aliphatic carboxylic acids is 1. The first-order chi connectivity index (χ1) is 18.2. The van der Waals surface area contributed by atoms with E-state index in [-0.39, 0.29) is 36.3 Å². The van der Waals surface area contributed by atoms with Gasteiger partial charge in [0, 0.05) is 29.7 Å². The van der Waals surface area contributed by atoms with E-state index in [2.05, 4.69) is 16.4 Å². The van der Waals surface area contributed by atoms with Gasteiger partial charge in [-0.15, -0.1) is 11.8 Å². The zero-order valence-corrected chi connectivity index (χ0v) is 21.9. The van der Waals surface area contributed by atoms with Crippen molar-refractivity contribution < 1.29 is 19.4 Å². The Labute approximate surface area is 222 Å². The van der Waals surface area contributed by atoms with E-state index in [9.17, 15) is 24.8 Å². The van der Waals surface area contributed by atoms with E-state index in [0.717, 1.165) is 17.9 Å². The number of thioether (sulfide) groups is 1. The fraction of sp³-hybridized carbons (Fsp3) is 0.423. The Morgan fingerprint density at radius 3 is 2.84 bits per heavy atom. The summed E-state index contributed by atoms with van der Waals surface area (Å²) in [7, 11) is 0. The molecule has 0 spiro atoms. The third-order valence-corrected chi connectivity index (χ3v) is 8.43. The molecule has 2 aliphatic heterocycles. The van der Waals surface area contributed by atoms with Crippen molar-refractivity contribution in [2.24, 2.45) is 0 Å². The second kappa shape index (κ2) is 10.2. The smallest absolute Gasteiger partial charge is 0.332 e. The van der Waals surface area contributed by atoms with Crippen molar-refractivity contribution in [1.82, 2.24) is 19.7 Å². The molecule has 3 unspecified atom stereocenters. The first-order valence-electron chi connectivity index (χ1n) is 12.4. The molecule has 3 aromatic rings. The molecule has 11 nitrogen and oxygen atoms in total. The van der Waals surface area contributed by atoms with Crippen molar-refractivity contribution in [1.29, 1.82) is 5.26 Å². The Morgan fingerprint density at radius 2 is 2.21 bits per heavy atom. The average molecular weight is 537 g/mol. The fourth-order valence-electron chi connectivity index (χ4n) is 5.19. The predicted octanol–water partition coefficient (Wildman–Crippen LogP) is 3.18. The Morgan fingerprint density at radius 1 is 1.39 bits per heavy atom. The molecule has 2 aliphatic rings. The van der Waals surface area contributed by atoms with Crippen LogP contribution in [0.5, 0.6) is 0 Å². The maximum atomic E-state index is 13.1. The molecule has 1 aromatic carbocycles. The molecule has 198 valence electrons. The highest BCUT2D eigenvalue weighted by Gasteiger charge is 2.42. The fourth-order valence-corrected chi connectivity index (χ4v) is 6.22. The summed E-state index contributed by atoms with van der Waals surface area (Å²) < 4.78 is 7.24. The van der Waals surface area contributed by atoms with Crippen molar-refractivity contribution >= 4 is 46.0 Å². The van der Waals surface area contributed by atoms with Gasteiger partial charge in [0.05, 0.1) is 35.5 Å². The normalized spacial score (nSPS) is 23.3. The zero-order valence-electron chi connectivity index (χ0n) is 21.1. The Balaban J connectivity index is 1.50. The van der Waals surface area contributed by atoms with E-state index in [1.807, 2.05) is 24.8 Å². The molecule has 0 saturated carbocycles. The van der Waals surface area contributed by atoms with E-state index in [0.29, 0.717) is 34.4 Å². The number of carboxylic acid groups (broad SMARTS) is 1. The molecule has 1 amide bonds. The van der Waals surface area contributed by atoms with Crippen LogP contribution < -0.4 is 10.9 Å². The molecule has 2 aromatic heterocycles. The summed E-state index contributed by atoms with van der Waals surface area (Å²) in [5.41, 5.74) is 1.29. The van der Waals surface area contributed by atoms with Crippen molar-refractivity contribution in [3.63, 3.8) is 0 Å². The van der Waals surface area contributed by atoms with Gasteiger partial charge in [-0.3, -0.25) is 14.3 Å². The molecule has 0 radical (unpaired) electrons. The number of amides is 1. The largest absolute Gasteiger partial charge is 0.479 e. The SMILES string of the molecule is Cc1cc(Nc2nn(C3(CC#N)CCC(C(=O)O)OC3)c3cc[nH]c(=O)c23)ccc1C(=O)N1CCSC1C. The van der Waals surface area contributed by atoms with Gasteiger partial charge in [0.15, 0.2) is 11.9 Å². The first kappa shape index (κ1) is 25.8. The standard InChI is InChI=1S/C26H28N6O5S/c1-15-13-17(3-4-18(15)24(34)31-11-12-38-16(31)2)29-22-21-19(6-10-28-23(21)33)32(30-22)26(8-9-27)7-5-20(25(35)36)37-14-26/h3-4,6,10,13,16,20H,5,7-8,11-12,14H2,1-2H3,(H,28,33)(H,29,30)(H,35,36). The van der Waals surface area contributed by atoms with Gasteiger partial charge >= 0.3 is 5.97 Å². The minimum atomic E-state index is -1.05. The van der Waals surface area contributed by atoms with Gasteiger partial charge < -0.3 is 25.0 Å². The number of pyridine rings is 1. The topological polar surface area (TPSA) is 153 Å². The number of aromatic nitrogens is 3. The van der Waals surface area contributed by atoms with Crippen LogP contribution in [-0.2, 0) is 15.1 Å². The molecule has 3 N–H and O–H groups in total. The number of H-pyrrole nitrogens is 1. The molecule has 2 fully saturated rings. The van der Waals surface area contributed by atoms with E-state index in [1.165, 1.54) is 6.20 Å².